The van der Waals surface area contributed by atoms with Gasteiger partial charge in [0.25, 0.3) is 11.8 Å². The van der Waals surface area contributed by atoms with E-state index in [1.54, 1.807) is 0 Å². The molecule has 3 rings (SSSR count). The smallest absolute Gasteiger partial charge is 0.326 e. The number of rotatable bonds is 6. The summed E-state index contributed by atoms with van der Waals surface area (Å²) >= 11 is 7.54. The largest absolute Gasteiger partial charge is 0.451 e. The fraction of sp³-hybridized carbons (Fsp3) is 0.476. The minimum Gasteiger partial charge on any atom is -0.451 e. The molecule has 0 unspecified atom stereocenters. The SMILES string of the molecule is C[C@@H](OC(=O)CNC(=O)c1sc2ccccc2c1Cl)C(=O)N[C@@H]1CCCC[C@@H]1C. The van der Waals surface area contributed by atoms with E-state index in [4.69, 9.17) is 16.3 Å². The lowest BCUT2D eigenvalue weighted by atomic mass is 9.86. The standard InChI is InChI=1S/C21H25ClN2O4S/c1-12-7-3-5-9-15(12)24-20(26)13(2)28-17(25)11-23-21(27)19-18(22)14-8-4-6-10-16(14)29-19/h4,6,8,10,12-13,15H,3,5,7,9,11H2,1-2H3,(H,23,27)(H,24,26)/t12-,13+,15+/m0/s1. The van der Waals surface area contributed by atoms with Gasteiger partial charge in [-0.2, -0.15) is 0 Å². The molecule has 8 heteroatoms. The van der Waals surface area contributed by atoms with Gasteiger partial charge in [-0.25, -0.2) is 0 Å². The molecule has 1 aliphatic rings. The summed E-state index contributed by atoms with van der Waals surface area (Å²) in [6, 6.07) is 7.55. The van der Waals surface area contributed by atoms with Crippen molar-refractivity contribution in [3.63, 3.8) is 0 Å². The Kier molecular flexibility index (Phi) is 7.14. The molecular formula is C21H25ClN2O4S. The molecule has 0 bridgehead atoms. The fourth-order valence-corrected chi connectivity index (χ4v) is 4.95. The van der Waals surface area contributed by atoms with Crippen LogP contribution < -0.4 is 10.6 Å². The number of nitrogens with one attached hydrogen (secondary N) is 2. The van der Waals surface area contributed by atoms with Gasteiger partial charge in [0.1, 0.15) is 11.4 Å². The van der Waals surface area contributed by atoms with Crippen LogP contribution in [-0.4, -0.2) is 36.5 Å². The maximum absolute atomic E-state index is 12.4. The number of carbonyl (C=O) groups is 3. The van der Waals surface area contributed by atoms with Gasteiger partial charge in [0.15, 0.2) is 6.10 Å². The number of hydrogen-bond donors (Lipinski definition) is 2. The topological polar surface area (TPSA) is 84.5 Å². The number of fused-ring (bicyclic) bond motifs is 1. The Bertz CT molecular complexity index is 913. The quantitative estimate of drug-likeness (QED) is 0.672. The molecule has 29 heavy (non-hydrogen) atoms. The molecule has 2 aromatic rings. The molecule has 1 aliphatic carbocycles. The average Bonchev–Trinajstić information content (AvgIpc) is 3.05. The van der Waals surface area contributed by atoms with E-state index in [0.29, 0.717) is 15.8 Å². The lowest BCUT2D eigenvalue weighted by Gasteiger charge is -2.30. The van der Waals surface area contributed by atoms with Crippen LogP contribution >= 0.6 is 22.9 Å². The molecule has 0 spiro atoms. The molecule has 0 aliphatic heterocycles. The van der Waals surface area contributed by atoms with Gasteiger partial charge >= 0.3 is 5.97 Å². The van der Waals surface area contributed by atoms with Crippen molar-refractivity contribution in [1.29, 1.82) is 0 Å². The van der Waals surface area contributed by atoms with E-state index >= 15 is 0 Å². The molecule has 0 saturated heterocycles. The molecule has 1 saturated carbocycles. The van der Waals surface area contributed by atoms with Crippen LogP contribution in [0.25, 0.3) is 10.1 Å². The lowest BCUT2D eigenvalue weighted by molar-refractivity contribution is -0.154. The summed E-state index contributed by atoms with van der Waals surface area (Å²) in [4.78, 5) is 37.1. The first-order chi connectivity index (χ1) is 13.9. The highest BCUT2D eigenvalue weighted by molar-refractivity contribution is 7.21. The Labute approximate surface area is 178 Å². The maximum Gasteiger partial charge on any atom is 0.326 e. The van der Waals surface area contributed by atoms with Crippen molar-refractivity contribution in [2.45, 2.75) is 51.7 Å². The summed E-state index contributed by atoms with van der Waals surface area (Å²) in [7, 11) is 0. The predicted octanol–water partition coefficient (Wildman–Crippen LogP) is 3.91. The second-order valence-corrected chi connectivity index (χ2v) is 8.86. The zero-order valence-electron chi connectivity index (χ0n) is 16.5. The zero-order valence-corrected chi connectivity index (χ0v) is 18.1. The van der Waals surface area contributed by atoms with Crippen molar-refractivity contribution < 1.29 is 19.1 Å². The van der Waals surface area contributed by atoms with Crippen LogP contribution in [0.3, 0.4) is 0 Å². The Morgan fingerprint density at radius 2 is 1.97 bits per heavy atom. The van der Waals surface area contributed by atoms with Crippen molar-refractivity contribution in [2.75, 3.05) is 6.54 Å². The van der Waals surface area contributed by atoms with Gasteiger partial charge in [-0.1, -0.05) is 49.6 Å². The summed E-state index contributed by atoms with van der Waals surface area (Å²) in [6.45, 7) is 3.32. The van der Waals surface area contributed by atoms with Crippen molar-refractivity contribution in [3.05, 3.63) is 34.2 Å². The number of amides is 2. The number of ether oxygens (including phenoxy) is 1. The zero-order chi connectivity index (χ0) is 21.0. The molecule has 1 aromatic heterocycles. The normalized spacial score (nSPS) is 20.1. The van der Waals surface area contributed by atoms with Gasteiger partial charge in [0.2, 0.25) is 0 Å². The monoisotopic (exact) mass is 436 g/mol. The van der Waals surface area contributed by atoms with E-state index in [-0.39, 0.29) is 18.5 Å². The molecule has 1 fully saturated rings. The van der Waals surface area contributed by atoms with Crippen molar-refractivity contribution in [2.24, 2.45) is 5.92 Å². The highest BCUT2D eigenvalue weighted by atomic mass is 35.5. The second kappa shape index (κ2) is 9.59. The summed E-state index contributed by atoms with van der Waals surface area (Å²) < 4.78 is 6.06. The minimum atomic E-state index is -0.915. The number of esters is 1. The predicted molar refractivity (Wildman–Crippen MR) is 114 cm³/mol. The van der Waals surface area contributed by atoms with Crippen LogP contribution in [0.1, 0.15) is 49.2 Å². The summed E-state index contributed by atoms with van der Waals surface area (Å²) in [6.07, 6.45) is 3.39. The lowest BCUT2D eigenvalue weighted by Crippen LogP contribution is -2.46. The van der Waals surface area contributed by atoms with Crippen LogP contribution in [0.15, 0.2) is 24.3 Å². The number of benzene rings is 1. The number of halogens is 1. The third kappa shape index (κ3) is 5.28. The first-order valence-corrected chi connectivity index (χ1v) is 11.0. The van der Waals surface area contributed by atoms with Gasteiger partial charge in [-0.3, -0.25) is 14.4 Å². The minimum absolute atomic E-state index is 0.118. The van der Waals surface area contributed by atoms with Crippen molar-refractivity contribution in [1.82, 2.24) is 10.6 Å². The summed E-state index contributed by atoms with van der Waals surface area (Å²) in [5, 5.41) is 6.65. The van der Waals surface area contributed by atoms with E-state index in [2.05, 4.69) is 17.6 Å². The van der Waals surface area contributed by atoms with Gasteiger partial charge in [-0.05, 0) is 31.7 Å². The Balaban J connectivity index is 1.49. The van der Waals surface area contributed by atoms with Crippen LogP contribution in [0, 0.1) is 5.92 Å². The Morgan fingerprint density at radius 3 is 2.69 bits per heavy atom. The van der Waals surface area contributed by atoms with Crippen molar-refractivity contribution in [3.8, 4) is 0 Å². The number of hydrogen-bond acceptors (Lipinski definition) is 5. The first-order valence-electron chi connectivity index (χ1n) is 9.82. The van der Waals surface area contributed by atoms with Gasteiger partial charge in [0, 0.05) is 16.1 Å². The fourth-order valence-electron chi connectivity index (χ4n) is 3.52. The Morgan fingerprint density at radius 1 is 1.24 bits per heavy atom. The Hall–Kier alpha value is -2.12. The van der Waals surface area contributed by atoms with Gasteiger partial charge in [0.05, 0.1) is 5.02 Å². The van der Waals surface area contributed by atoms with Crippen molar-refractivity contribution >= 4 is 50.8 Å². The van der Waals surface area contributed by atoms with Crippen LogP contribution in [0.5, 0.6) is 0 Å². The maximum atomic E-state index is 12.4. The highest BCUT2D eigenvalue weighted by Crippen LogP contribution is 2.34. The third-order valence-corrected chi connectivity index (χ3v) is 6.93. The van der Waals surface area contributed by atoms with E-state index in [1.807, 2.05) is 24.3 Å². The summed E-state index contributed by atoms with van der Waals surface area (Å²) in [5.41, 5.74) is 0. The van der Waals surface area contributed by atoms with Gasteiger partial charge in [-0.15, -0.1) is 11.3 Å². The molecule has 3 atom stereocenters. The van der Waals surface area contributed by atoms with Crippen LogP contribution in [0.2, 0.25) is 5.02 Å². The third-order valence-electron chi connectivity index (χ3n) is 5.25. The molecular weight excluding hydrogens is 412 g/mol. The summed E-state index contributed by atoms with van der Waals surface area (Å²) in [5.74, 6) is -1.01. The number of carbonyl (C=O) groups excluding carboxylic acids is 3. The van der Waals surface area contributed by atoms with Gasteiger partial charge < -0.3 is 15.4 Å². The van der Waals surface area contributed by atoms with E-state index < -0.39 is 18.0 Å². The number of thiophene rings is 1. The second-order valence-electron chi connectivity index (χ2n) is 7.43. The molecule has 1 heterocycles. The first kappa shape index (κ1) is 21.6. The van der Waals surface area contributed by atoms with Crippen LogP contribution in [-0.2, 0) is 14.3 Å². The van der Waals surface area contributed by atoms with E-state index in [0.717, 1.165) is 29.3 Å². The molecule has 6 nitrogen and oxygen atoms in total. The molecule has 0 radical (unpaired) electrons. The highest BCUT2D eigenvalue weighted by Gasteiger charge is 2.26. The van der Waals surface area contributed by atoms with E-state index in [1.165, 1.54) is 24.7 Å². The van der Waals surface area contributed by atoms with E-state index in [9.17, 15) is 14.4 Å². The van der Waals surface area contributed by atoms with Crippen LogP contribution in [0.4, 0.5) is 0 Å². The average molecular weight is 437 g/mol. The molecule has 1 aromatic carbocycles. The molecule has 2 amide bonds. The molecule has 2 N–H and O–H groups in total. The molecule has 156 valence electrons.